The van der Waals surface area contributed by atoms with Crippen molar-refractivity contribution in [3.63, 3.8) is 0 Å². The summed E-state index contributed by atoms with van der Waals surface area (Å²) in [4.78, 5) is 75.9. The Labute approximate surface area is 201 Å². The Balaban J connectivity index is 0.000000206. The van der Waals surface area contributed by atoms with E-state index in [1.165, 1.54) is 12.1 Å². The molecule has 0 saturated carbocycles. The number of Topliss-reactive ketones (excluding diaryl/α,β-unsaturated/α-hetero) is 2. The van der Waals surface area contributed by atoms with Crippen molar-refractivity contribution in [2.45, 2.75) is 0 Å². The molecule has 4 aromatic rings. The molecule has 0 spiro atoms. The predicted octanol–water partition coefficient (Wildman–Crippen LogP) is 2.38. The molecule has 0 unspecified atom stereocenters. The number of hydrogen-bond donors (Lipinski definition) is 1. The van der Waals surface area contributed by atoms with Gasteiger partial charge in [0.2, 0.25) is 0 Å². The molecule has 2 aromatic heterocycles. The first kappa shape index (κ1) is 25.6. The van der Waals surface area contributed by atoms with Crippen LogP contribution in [0.3, 0.4) is 0 Å². The molecular formula is C22H9N3O12. The van der Waals surface area contributed by atoms with Gasteiger partial charge in [-0.25, -0.2) is 4.79 Å². The van der Waals surface area contributed by atoms with Crippen molar-refractivity contribution in [1.82, 2.24) is 0 Å². The molecule has 2 aromatic carbocycles. The molecule has 2 heterocycles. The highest BCUT2D eigenvalue weighted by molar-refractivity contribution is 6.39. The van der Waals surface area contributed by atoms with E-state index in [0.29, 0.717) is 6.07 Å². The zero-order chi connectivity index (χ0) is 27.4. The number of nitro groups is 2. The molecule has 184 valence electrons. The van der Waals surface area contributed by atoms with Crippen molar-refractivity contribution in [3.8, 4) is 6.07 Å². The minimum atomic E-state index is -1.76. The maximum atomic E-state index is 11.7. The number of carboxylic acid groups (broad SMARTS) is 1. The van der Waals surface area contributed by atoms with Crippen molar-refractivity contribution in [3.05, 3.63) is 101 Å². The quantitative estimate of drug-likeness (QED) is 0.134. The van der Waals surface area contributed by atoms with Gasteiger partial charge in [-0.2, -0.15) is 5.26 Å². The van der Waals surface area contributed by atoms with E-state index in [2.05, 4.69) is 0 Å². The number of nitro benzene ring substituents is 2. The van der Waals surface area contributed by atoms with Crippen LogP contribution in [0.1, 0.15) is 21.1 Å². The summed E-state index contributed by atoms with van der Waals surface area (Å²) in [5, 5.41) is 37.9. The lowest BCUT2D eigenvalue weighted by Crippen LogP contribution is -2.15. The van der Waals surface area contributed by atoms with Crippen LogP contribution in [0.25, 0.3) is 21.9 Å². The number of ketones is 2. The third-order valence-electron chi connectivity index (χ3n) is 4.59. The molecule has 4 rings (SSSR count). The number of rotatable bonds is 5. The van der Waals surface area contributed by atoms with Gasteiger partial charge in [0.25, 0.3) is 17.2 Å². The largest absolute Gasteiger partial charge is 0.475 e. The predicted molar refractivity (Wildman–Crippen MR) is 120 cm³/mol. The Morgan fingerprint density at radius 2 is 1.22 bits per heavy atom. The lowest BCUT2D eigenvalue weighted by molar-refractivity contribution is -0.384. The van der Waals surface area contributed by atoms with Gasteiger partial charge >= 0.3 is 11.8 Å². The second-order valence-electron chi connectivity index (χ2n) is 6.90. The van der Waals surface area contributed by atoms with Crippen LogP contribution in [-0.2, 0) is 4.79 Å². The fourth-order valence-corrected chi connectivity index (χ4v) is 2.90. The topological polar surface area (TPSA) is 242 Å². The van der Waals surface area contributed by atoms with E-state index in [9.17, 15) is 44.2 Å². The fraction of sp³-hybridized carbons (Fsp3) is 0. The summed E-state index contributed by atoms with van der Waals surface area (Å²) in [6.45, 7) is 0. The number of carboxylic acids is 1. The summed E-state index contributed by atoms with van der Waals surface area (Å²) in [6.07, 6.45) is 0. The number of nitriles is 1. The first-order valence-electron chi connectivity index (χ1n) is 9.59. The molecular weight excluding hydrogens is 498 g/mol. The Hall–Kier alpha value is -6.04. The number of carbonyl (C=O) groups excluding carboxylic acids is 2. The third kappa shape index (κ3) is 5.38. The van der Waals surface area contributed by atoms with E-state index in [-0.39, 0.29) is 39.1 Å². The van der Waals surface area contributed by atoms with Gasteiger partial charge in [0.1, 0.15) is 17.2 Å². The summed E-state index contributed by atoms with van der Waals surface area (Å²) in [5.74, 6) is -5.11. The van der Waals surface area contributed by atoms with Crippen LogP contribution < -0.4 is 10.9 Å². The van der Waals surface area contributed by atoms with Gasteiger partial charge in [-0.3, -0.25) is 39.4 Å². The zero-order valence-corrected chi connectivity index (χ0v) is 17.9. The lowest BCUT2D eigenvalue weighted by Gasteiger charge is -1.99. The normalized spacial score (nSPS) is 10.1. The number of fused-ring (bicyclic) bond motifs is 2. The molecule has 37 heavy (non-hydrogen) atoms. The minimum absolute atomic E-state index is 0.0151. The number of benzene rings is 2. The molecule has 0 aliphatic rings. The summed E-state index contributed by atoms with van der Waals surface area (Å²) >= 11 is 0. The van der Waals surface area contributed by atoms with Crippen molar-refractivity contribution in [2.75, 3.05) is 0 Å². The average Bonchev–Trinajstić information content (AvgIpc) is 2.87. The molecule has 0 aliphatic heterocycles. The van der Waals surface area contributed by atoms with Crippen molar-refractivity contribution in [1.29, 1.82) is 5.26 Å². The number of nitrogens with zero attached hydrogens (tertiary/aromatic N) is 3. The second kappa shape index (κ2) is 10.1. The maximum Gasteiger partial charge on any atom is 0.380 e. The van der Waals surface area contributed by atoms with Gasteiger partial charge in [-0.05, 0) is 12.1 Å². The zero-order valence-electron chi connectivity index (χ0n) is 17.9. The van der Waals surface area contributed by atoms with E-state index in [1.54, 1.807) is 0 Å². The van der Waals surface area contributed by atoms with Crippen LogP contribution in [0.5, 0.6) is 0 Å². The van der Waals surface area contributed by atoms with E-state index in [1.807, 2.05) is 0 Å². The van der Waals surface area contributed by atoms with Crippen LogP contribution in [0.2, 0.25) is 0 Å². The molecule has 1 N–H and O–H groups in total. The Morgan fingerprint density at radius 3 is 1.62 bits per heavy atom. The SMILES string of the molecule is N#CC(=O)c1cc(=O)c2cc([N+](=O)[O-])ccc2o1.O=C(O)C(=O)c1cc(=O)c2cc([N+](=O)[O-])ccc2o1. The van der Waals surface area contributed by atoms with Crippen molar-refractivity contribution < 1.29 is 38.2 Å². The van der Waals surface area contributed by atoms with E-state index < -0.39 is 44.0 Å². The third-order valence-corrected chi connectivity index (χ3v) is 4.59. The standard InChI is InChI=1S/C11H4N2O5.C11H5NO7/c12-5-9(15)11-4-8(14)7-3-6(13(16)17)1-2-10(7)18-11;13-7-4-9(10(14)11(15)16)19-8-2-1-5(12(17)18)3-6(7)8/h1-4H;1-4H,(H,15,16). The lowest BCUT2D eigenvalue weighted by atomic mass is 10.2. The maximum absolute atomic E-state index is 11.7. The number of non-ortho nitro benzene ring substituents is 2. The van der Waals surface area contributed by atoms with Crippen molar-refractivity contribution in [2.24, 2.45) is 0 Å². The van der Waals surface area contributed by atoms with Gasteiger partial charge in [0.15, 0.2) is 22.4 Å². The van der Waals surface area contributed by atoms with Gasteiger partial charge in [-0.15, -0.1) is 0 Å². The molecule has 0 saturated heterocycles. The average molecular weight is 507 g/mol. The van der Waals surface area contributed by atoms with Gasteiger partial charge in [0.05, 0.1) is 20.6 Å². The van der Waals surface area contributed by atoms with Gasteiger partial charge in [-0.1, -0.05) is 0 Å². The molecule has 0 bridgehead atoms. The molecule has 15 nitrogen and oxygen atoms in total. The van der Waals surface area contributed by atoms with Crippen LogP contribution >= 0.6 is 0 Å². The molecule has 0 radical (unpaired) electrons. The Bertz CT molecular complexity index is 1810. The highest BCUT2D eigenvalue weighted by Gasteiger charge is 2.20. The van der Waals surface area contributed by atoms with E-state index in [4.69, 9.17) is 19.2 Å². The molecule has 0 fully saturated rings. The van der Waals surface area contributed by atoms with Crippen molar-refractivity contribution >= 4 is 50.8 Å². The monoisotopic (exact) mass is 507 g/mol. The summed E-state index contributed by atoms with van der Waals surface area (Å²) < 4.78 is 9.98. The first-order valence-corrected chi connectivity index (χ1v) is 9.59. The van der Waals surface area contributed by atoms with Crippen LogP contribution in [-0.4, -0.2) is 32.5 Å². The molecule has 0 aliphatic carbocycles. The second-order valence-corrected chi connectivity index (χ2v) is 6.90. The summed E-state index contributed by atoms with van der Waals surface area (Å²) in [6, 6.07) is 9.49. The van der Waals surface area contributed by atoms with Gasteiger partial charge in [0, 0.05) is 36.4 Å². The van der Waals surface area contributed by atoms with Gasteiger partial charge < -0.3 is 13.9 Å². The highest BCUT2D eigenvalue weighted by atomic mass is 16.6. The Kier molecular flexibility index (Phi) is 6.96. The van der Waals surface area contributed by atoms with Crippen LogP contribution in [0.4, 0.5) is 11.4 Å². The smallest absolute Gasteiger partial charge is 0.380 e. The van der Waals surface area contributed by atoms with E-state index in [0.717, 1.165) is 36.4 Å². The molecule has 0 amide bonds. The first-order chi connectivity index (χ1) is 17.4. The Morgan fingerprint density at radius 1 is 0.784 bits per heavy atom. The van der Waals surface area contributed by atoms with Crippen LogP contribution in [0.15, 0.2) is 67.0 Å². The number of hydrogen-bond acceptors (Lipinski definition) is 12. The number of aliphatic carboxylic acids is 1. The summed E-state index contributed by atoms with van der Waals surface area (Å²) in [7, 11) is 0. The minimum Gasteiger partial charge on any atom is -0.475 e. The molecule has 15 heteroatoms. The molecule has 0 atom stereocenters. The van der Waals surface area contributed by atoms with Crippen LogP contribution in [0, 0.1) is 31.6 Å². The fourth-order valence-electron chi connectivity index (χ4n) is 2.90. The number of carbonyl (C=O) groups is 3. The summed E-state index contributed by atoms with van der Waals surface area (Å²) in [5.41, 5.74) is -1.98. The van der Waals surface area contributed by atoms with E-state index >= 15 is 0 Å². The highest BCUT2D eigenvalue weighted by Crippen LogP contribution is 2.20.